The number of aliphatic hydroxyl groups is 1. The molecule has 1 aliphatic carbocycles. The van der Waals surface area contributed by atoms with Gasteiger partial charge in [-0.25, -0.2) is 0 Å². The lowest BCUT2D eigenvalue weighted by Gasteiger charge is -2.30. The molecule has 0 aromatic carbocycles. The topological polar surface area (TPSA) is 50.1 Å². The van der Waals surface area contributed by atoms with E-state index >= 15 is 0 Å². The second kappa shape index (κ2) is 7.06. The van der Waals surface area contributed by atoms with Crippen LogP contribution in [-0.4, -0.2) is 28.0 Å². The molecule has 2 rings (SSSR count). The van der Waals surface area contributed by atoms with E-state index in [1.54, 1.807) is 0 Å². The summed E-state index contributed by atoms with van der Waals surface area (Å²) in [6.07, 6.45) is 9.09. The molecule has 1 heterocycles. The van der Waals surface area contributed by atoms with Gasteiger partial charge in [0.2, 0.25) is 0 Å². The first-order valence-corrected chi connectivity index (χ1v) is 7.55. The van der Waals surface area contributed by atoms with Gasteiger partial charge in [-0.05, 0) is 45.1 Å². The Kier molecular flexibility index (Phi) is 5.40. The Labute approximate surface area is 116 Å². The SMILES string of the molecule is CC(C)n1cc(CNCC2CCCCC2CO)cn1. The van der Waals surface area contributed by atoms with Gasteiger partial charge in [-0.2, -0.15) is 5.10 Å². The number of nitrogens with zero attached hydrogens (tertiary/aromatic N) is 2. The van der Waals surface area contributed by atoms with Crippen molar-refractivity contribution in [1.29, 1.82) is 0 Å². The van der Waals surface area contributed by atoms with Crippen LogP contribution in [-0.2, 0) is 6.54 Å². The third-order valence-corrected chi connectivity index (χ3v) is 4.22. The average molecular weight is 265 g/mol. The van der Waals surface area contributed by atoms with Crippen LogP contribution in [0.1, 0.15) is 51.1 Å². The first kappa shape index (κ1) is 14.5. The minimum absolute atomic E-state index is 0.345. The lowest BCUT2D eigenvalue weighted by atomic mass is 9.79. The van der Waals surface area contributed by atoms with Gasteiger partial charge < -0.3 is 10.4 Å². The fraction of sp³-hybridized carbons (Fsp3) is 0.800. The van der Waals surface area contributed by atoms with Gasteiger partial charge in [-0.15, -0.1) is 0 Å². The maximum absolute atomic E-state index is 9.40. The molecule has 108 valence electrons. The summed E-state index contributed by atoms with van der Waals surface area (Å²) in [4.78, 5) is 0. The smallest absolute Gasteiger partial charge is 0.0534 e. The molecule has 0 saturated heterocycles. The van der Waals surface area contributed by atoms with Crippen molar-refractivity contribution >= 4 is 0 Å². The molecule has 1 aliphatic rings. The molecule has 4 nitrogen and oxygen atoms in total. The van der Waals surface area contributed by atoms with Gasteiger partial charge in [0.25, 0.3) is 0 Å². The fourth-order valence-corrected chi connectivity index (χ4v) is 2.95. The van der Waals surface area contributed by atoms with Crippen LogP contribution in [0.5, 0.6) is 0 Å². The Morgan fingerprint density at radius 2 is 2.11 bits per heavy atom. The van der Waals surface area contributed by atoms with E-state index in [4.69, 9.17) is 0 Å². The summed E-state index contributed by atoms with van der Waals surface area (Å²) in [7, 11) is 0. The molecule has 4 heteroatoms. The summed E-state index contributed by atoms with van der Waals surface area (Å²) in [6, 6.07) is 0.422. The van der Waals surface area contributed by atoms with Crippen LogP contribution in [0.25, 0.3) is 0 Å². The van der Waals surface area contributed by atoms with Crippen molar-refractivity contribution in [1.82, 2.24) is 15.1 Å². The third-order valence-electron chi connectivity index (χ3n) is 4.22. The van der Waals surface area contributed by atoms with E-state index in [0.29, 0.717) is 24.5 Å². The summed E-state index contributed by atoms with van der Waals surface area (Å²) in [5.74, 6) is 1.14. The van der Waals surface area contributed by atoms with Crippen molar-refractivity contribution in [3.63, 3.8) is 0 Å². The predicted molar refractivity (Wildman–Crippen MR) is 76.9 cm³/mol. The molecule has 19 heavy (non-hydrogen) atoms. The monoisotopic (exact) mass is 265 g/mol. The molecule has 0 amide bonds. The lowest BCUT2D eigenvalue weighted by Crippen LogP contribution is -2.32. The van der Waals surface area contributed by atoms with E-state index in [2.05, 4.69) is 30.5 Å². The number of aromatic nitrogens is 2. The predicted octanol–water partition coefficient (Wildman–Crippen LogP) is 2.35. The van der Waals surface area contributed by atoms with Crippen LogP contribution in [0.15, 0.2) is 12.4 Å². The van der Waals surface area contributed by atoms with Crippen molar-refractivity contribution in [2.45, 2.75) is 52.1 Å². The second-order valence-corrected chi connectivity index (χ2v) is 6.04. The Morgan fingerprint density at radius 3 is 2.74 bits per heavy atom. The molecule has 1 saturated carbocycles. The van der Waals surface area contributed by atoms with Gasteiger partial charge in [0.05, 0.1) is 6.20 Å². The summed E-state index contributed by atoms with van der Waals surface area (Å²) in [6.45, 7) is 6.51. The standard InChI is InChI=1S/C15H27N3O/c1-12(2)18-10-13(8-17-18)7-16-9-14-5-3-4-6-15(14)11-19/h8,10,12,14-16,19H,3-7,9,11H2,1-2H3. The molecule has 0 bridgehead atoms. The van der Waals surface area contributed by atoms with Crippen LogP contribution >= 0.6 is 0 Å². The lowest BCUT2D eigenvalue weighted by molar-refractivity contribution is 0.133. The van der Waals surface area contributed by atoms with Crippen LogP contribution in [0.3, 0.4) is 0 Å². The molecule has 1 aromatic heterocycles. The number of hydrogen-bond acceptors (Lipinski definition) is 3. The highest BCUT2D eigenvalue weighted by Gasteiger charge is 2.23. The van der Waals surface area contributed by atoms with Gasteiger partial charge >= 0.3 is 0 Å². The Bertz CT molecular complexity index is 375. The number of nitrogens with one attached hydrogen (secondary N) is 1. The van der Waals surface area contributed by atoms with Crippen molar-refractivity contribution in [2.75, 3.05) is 13.2 Å². The number of hydrogen-bond donors (Lipinski definition) is 2. The normalized spacial score (nSPS) is 24.0. The summed E-state index contributed by atoms with van der Waals surface area (Å²) < 4.78 is 1.99. The Hall–Kier alpha value is -0.870. The van der Waals surface area contributed by atoms with E-state index in [1.165, 1.54) is 31.2 Å². The second-order valence-electron chi connectivity index (χ2n) is 6.04. The van der Waals surface area contributed by atoms with Crippen molar-refractivity contribution < 1.29 is 5.11 Å². The zero-order chi connectivity index (χ0) is 13.7. The van der Waals surface area contributed by atoms with Gasteiger partial charge in [0.15, 0.2) is 0 Å². The molecule has 0 aliphatic heterocycles. The third kappa shape index (κ3) is 4.05. The van der Waals surface area contributed by atoms with Crippen molar-refractivity contribution in [3.8, 4) is 0 Å². The number of rotatable bonds is 6. The van der Waals surface area contributed by atoms with E-state index in [1.807, 2.05) is 10.9 Å². The van der Waals surface area contributed by atoms with Gasteiger partial charge in [0, 0.05) is 31.0 Å². The van der Waals surface area contributed by atoms with Crippen LogP contribution < -0.4 is 5.32 Å². The zero-order valence-electron chi connectivity index (χ0n) is 12.2. The Balaban J connectivity index is 1.75. The molecular weight excluding hydrogens is 238 g/mol. The van der Waals surface area contributed by atoms with Crippen LogP contribution in [0.4, 0.5) is 0 Å². The highest BCUT2D eigenvalue weighted by molar-refractivity contribution is 5.03. The summed E-state index contributed by atoms with van der Waals surface area (Å²) in [5.41, 5.74) is 1.24. The maximum Gasteiger partial charge on any atom is 0.0534 e. The van der Waals surface area contributed by atoms with E-state index in [0.717, 1.165) is 13.1 Å². The van der Waals surface area contributed by atoms with E-state index < -0.39 is 0 Å². The molecular formula is C15H27N3O. The quantitative estimate of drug-likeness (QED) is 0.830. The average Bonchev–Trinajstić information content (AvgIpc) is 2.88. The first-order chi connectivity index (χ1) is 9.20. The number of aliphatic hydroxyl groups excluding tert-OH is 1. The maximum atomic E-state index is 9.40. The van der Waals surface area contributed by atoms with Gasteiger partial charge in [0.1, 0.15) is 0 Å². The van der Waals surface area contributed by atoms with Crippen molar-refractivity contribution in [3.05, 3.63) is 18.0 Å². The zero-order valence-corrected chi connectivity index (χ0v) is 12.2. The van der Waals surface area contributed by atoms with Crippen molar-refractivity contribution in [2.24, 2.45) is 11.8 Å². The van der Waals surface area contributed by atoms with Crippen LogP contribution in [0.2, 0.25) is 0 Å². The minimum Gasteiger partial charge on any atom is -0.396 e. The highest BCUT2D eigenvalue weighted by Crippen LogP contribution is 2.29. The highest BCUT2D eigenvalue weighted by atomic mass is 16.3. The van der Waals surface area contributed by atoms with Gasteiger partial charge in [-0.3, -0.25) is 4.68 Å². The minimum atomic E-state index is 0.345. The largest absolute Gasteiger partial charge is 0.396 e. The molecule has 1 aromatic rings. The fourth-order valence-electron chi connectivity index (χ4n) is 2.95. The van der Waals surface area contributed by atoms with E-state index in [-0.39, 0.29) is 0 Å². The van der Waals surface area contributed by atoms with Crippen LogP contribution in [0, 0.1) is 11.8 Å². The molecule has 2 N–H and O–H groups in total. The Morgan fingerprint density at radius 1 is 1.37 bits per heavy atom. The summed E-state index contributed by atoms with van der Waals surface area (Å²) in [5, 5.41) is 17.3. The first-order valence-electron chi connectivity index (χ1n) is 7.55. The van der Waals surface area contributed by atoms with E-state index in [9.17, 15) is 5.11 Å². The molecule has 0 spiro atoms. The summed E-state index contributed by atoms with van der Waals surface area (Å²) >= 11 is 0. The molecule has 1 fully saturated rings. The molecule has 0 radical (unpaired) electrons. The molecule has 2 atom stereocenters. The molecule has 2 unspecified atom stereocenters. The van der Waals surface area contributed by atoms with Gasteiger partial charge in [-0.1, -0.05) is 12.8 Å².